The second-order valence-electron chi connectivity index (χ2n) is 4.47. The molecule has 0 atom stereocenters. The lowest BCUT2D eigenvalue weighted by atomic mass is 10.1. The summed E-state index contributed by atoms with van der Waals surface area (Å²) < 4.78 is 15.0. The SMILES string of the molecule is Cc1ccccc1-n1nnnc1-c1cc(N)cc(F)c1. The van der Waals surface area contributed by atoms with Crippen molar-refractivity contribution >= 4 is 5.69 Å². The van der Waals surface area contributed by atoms with Gasteiger partial charge in [-0.3, -0.25) is 0 Å². The number of halogens is 1. The van der Waals surface area contributed by atoms with E-state index in [2.05, 4.69) is 15.5 Å². The Kier molecular flexibility index (Phi) is 2.90. The molecule has 3 aromatic rings. The fourth-order valence-corrected chi connectivity index (χ4v) is 2.07. The van der Waals surface area contributed by atoms with Crippen molar-refractivity contribution in [1.82, 2.24) is 20.2 Å². The molecule has 2 aromatic carbocycles. The monoisotopic (exact) mass is 269 g/mol. The highest BCUT2D eigenvalue weighted by molar-refractivity contribution is 5.63. The summed E-state index contributed by atoms with van der Waals surface area (Å²) in [5.41, 5.74) is 8.40. The van der Waals surface area contributed by atoms with Crippen LogP contribution in [-0.2, 0) is 0 Å². The summed E-state index contributed by atoms with van der Waals surface area (Å²) in [6, 6.07) is 11.9. The third kappa shape index (κ3) is 2.11. The van der Waals surface area contributed by atoms with Crippen molar-refractivity contribution in [2.24, 2.45) is 0 Å². The Bertz CT molecular complexity index is 746. The zero-order valence-corrected chi connectivity index (χ0v) is 10.8. The maximum absolute atomic E-state index is 13.5. The van der Waals surface area contributed by atoms with Crippen LogP contribution >= 0.6 is 0 Å². The number of nitrogens with zero attached hydrogens (tertiary/aromatic N) is 4. The van der Waals surface area contributed by atoms with Crippen molar-refractivity contribution in [2.75, 3.05) is 5.73 Å². The van der Waals surface area contributed by atoms with E-state index in [0.29, 0.717) is 17.1 Å². The molecule has 1 heterocycles. The third-order valence-electron chi connectivity index (χ3n) is 2.99. The molecule has 3 rings (SSSR count). The number of nitrogens with two attached hydrogens (primary N) is 1. The first-order valence-corrected chi connectivity index (χ1v) is 6.06. The van der Waals surface area contributed by atoms with Crippen molar-refractivity contribution in [1.29, 1.82) is 0 Å². The Balaban J connectivity index is 2.18. The normalized spacial score (nSPS) is 10.7. The standard InChI is InChI=1S/C14H12FN5/c1-9-4-2-3-5-13(9)20-14(17-18-19-20)10-6-11(15)8-12(16)7-10/h2-8H,16H2,1H3. The largest absolute Gasteiger partial charge is 0.399 e. The number of hydrogen-bond acceptors (Lipinski definition) is 4. The molecule has 0 amide bonds. The second kappa shape index (κ2) is 4.73. The maximum Gasteiger partial charge on any atom is 0.187 e. The van der Waals surface area contributed by atoms with Crippen LogP contribution in [-0.4, -0.2) is 20.2 Å². The summed E-state index contributed by atoms with van der Waals surface area (Å²) >= 11 is 0. The van der Waals surface area contributed by atoms with Gasteiger partial charge in [0.05, 0.1) is 5.69 Å². The minimum absolute atomic E-state index is 0.333. The number of para-hydroxylation sites is 1. The van der Waals surface area contributed by atoms with Crippen molar-refractivity contribution in [3.05, 3.63) is 53.8 Å². The van der Waals surface area contributed by atoms with E-state index < -0.39 is 5.82 Å². The summed E-state index contributed by atoms with van der Waals surface area (Å²) in [5, 5.41) is 11.6. The van der Waals surface area contributed by atoms with Crippen LogP contribution in [0.25, 0.3) is 17.1 Å². The number of aromatic nitrogens is 4. The average molecular weight is 269 g/mol. The Morgan fingerprint density at radius 1 is 1.15 bits per heavy atom. The van der Waals surface area contributed by atoms with Crippen molar-refractivity contribution < 1.29 is 4.39 Å². The van der Waals surface area contributed by atoms with E-state index >= 15 is 0 Å². The van der Waals surface area contributed by atoms with E-state index in [1.807, 2.05) is 31.2 Å². The molecule has 5 nitrogen and oxygen atoms in total. The molecule has 100 valence electrons. The lowest BCUT2D eigenvalue weighted by Gasteiger charge is -2.08. The van der Waals surface area contributed by atoms with Crippen LogP contribution in [0, 0.1) is 12.7 Å². The molecule has 0 bridgehead atoms. The summed E-state index contributed by atoms with van der Waals surface area (Å²) in [4.78, 5) is 0. The quantitative estimate of drug-likeness (QED) is 0.725. The van der Waals surface area contributed by atoms with E-state index in [-0.39, 0.29) is 0 Å². The maximum atomic E-state index is 13.5. The number of nitrogen functional groups attached to an aromatic ring is 1. The first-order chi connectivity index (χ1) is 9.65. The predicted molar refractivity (Wildman–Crippen MR) is 73.7 cm³/mol. The molecule has 6 heteroatoms. The van der Waals surface area contributed by atoms with Gasteiger partial charge in [-0.15, -0.1) is 5.10 Å². The minimum atomic E-state index is -0.417. The second-order valence-corrected chi connectivity index (χ2v) is 4.47. The van der Waals surface area contributed by atoms with E-state index in [9.17, 15) is 4.39 Å². The molecule has 0 spiro atoms. The molecule has 0 saturated carbocycles. The van der Waals surface area contributed by atoms with Gasteiger partial charge in [0.15, 0.2) is 5.82 Å². The van der Waals surface area contributed by atoms with Gasteiger partial charge >= 0.3 is 0 Å². The molecular formula is C14H12FN5. The number of hydrogen-bond donors (Lipinski definition) is 1. The molecule has 0 fully saturated rings. The van der Waals surface area contributed by atoms with E-state index in [1.165, 1.54) is 12.1 Å². The molecule has 2 N–H and O–H groups in total. The third-order valence-corrected chi connectivity index (χ3v) is 2.99. The number of aryl methyl sites for hydroxylation is 1. The Morgan fingerprint density at radius 2 is 1.95 bits per heavy atom. The Morgan fingerprint density at radius 3 is 2.70 bits per heavy atom. The first kappa shape index (κ1) is 12.3. The van der Waals surface area contributed by atoms with Crippen LogP contribution in [0.2, 0.25) is 0 Å². The van der Waals surface area contributed by atoms with E-state index in [1.54, 1.807) is 10.7 Å². The van der Waals surface area contributed by atoms with Crippen molar-refractivity contribution in [3.8, 4) is 17.1 Å². The van der Waals surface area contributed by atoms with Crippen molar-refractivity contribution in [3.63, 3.8) is 0 Å². The van der Waals surface area contributed by atoms with Gasteiger partial charge in [0, 0.05) is 11.3 Å². The lowest BCUT2D eigenvalue weighted by Crippen LogP contribution is -2.02. The molecule has 0 aliphatic carbocycles. The van der Waals surface area contributed by atoms with Crippen LogP contribution in [0.4, 0.5) is 10.1 Å². The molecule has 0 saturated heterocycles. The van der Waals surface area contributed by atoms with E-state index in [4.69, 9.17) is 5.73 Å². The number of benzene rings is 2. The lowest BCUT2D eigenvalue weighted by molar-refractivity contribution is 0.628. The fraction of sp³-hybridized carbons (Fsp3) is 0.0714. The number of anilines is 1. The van der Waals surface area contributed by atoms with Gasteiger partial charge in [-0.1, -0.05) is 18.2 Å². The van der Waals surface area contributed by atoms with E-state index in [0.717, 1.165) is 11.3 Å². The zero-order valence-electron chi connectivity index (χ0n) is 10.8. The molecular weight excluding hydrogens is 257 g/mol. The van der Waals surface area contributed by atoms with Gasteiger partial charge in [0.25, 0.3) is 0 Å². The van der Waals surface area contributed by atoms with Crippen LogP contribution < -0.4 is 5.73 Å². The van der Waals surface area contributed by atoms with Gasteiger partial charge in [0.1, 0.15) is 5.82 Å². The summed E-state index contributed by atoms with van der Waals surface area (Å²) in [7, 11) is 0. The van der Waals surface area contributed by atoms with Gasteiger partial charge in [-0.25, -0.2) is 4.39 Å². The Labute approximate surface area is 114 Å². The van der Waals surface area contributed by atoms with Crippen LogP contribution in [0.1, 0.15) is 5.56 Å². The number of rotatable bonds is 2. The van der Waals surface area contributed by atoms with Gasteiger partial charge in [-0.2, -0.15) is 4.68 Å². The molecule has 1 aromatic heterocycles. The van der Waals surface area contributed by atoms with Crippen LogP contribution in [0.5, 0.6) is 0 Å². The van der Waals surface area contributed by atoms with Crippen LogP contribution in [0.15, 0.2) is 42.5 Å². The highest BCUT2D eigenvalue weighted by Gasteiger charge is 2.13. The minimum Gasteiger partial charge on any atom is -0.399 e. The summed E-state index contributed by atoms with van der Waals surface area (Å²) in [6.07, 6.45) is 0. The van der Waals surface area contributed by atoms with Gasteiger partial charge in [-0.05, 0) is 47.2 Å². The summed E-state index contributed by atoms with van der Waals surface area (Å²) in [6.45, 7) is 1.96. The highest BCUT2D eigenvalue weighted by Crippen LogP contribution is 2.24. The smallest absolute Gasteiger partial charge is 0.187 e. The topological polar surface area (TPSA) is 69.6 Å². The molecule has 0 radical (unpaired) electrons. The van der Waals surface area contributed by atoms with Gasteiger partial charge < -0.3 is 5.73 Å². The first-order valence-electron chi connectivity index (χ1n) is 6.06. The molecule has 0 unspecified atom stereocenters. The van der Waals surface area contributed by atoms with Crippen LogP contribution in [0.3, 0.4) is 0 Å². The average Bonchev–Trinajstić information content (AvgIpc) is 2.87. The zero-order chi connectivity index (χ0) is 14.1. The van der Waals surface area contributed by atoms with Crippen molar-refractivity contribution in [2.45, 2.75) is 6.92 Å². The summed E-state index contributed by atoms with van der Waals surface area (Å²) in [5.74, 6) is 0.0323. The highest BCUT2D eigenvalue weighted by atomic mass is 19.1. The predicted octanol–water partition coefficient (Wildman–Crippen LogP) is 2.36. The Hall–Kier alpha value is -2.76. The molecule has 0 aliphatic heterocycles. The molecule has 20 heavy (non-hydrogen) atoms. The fourth-order valence-electron chi connectivity index (χ4n) is 2.07. The van der Waals surface area contributed by atoms with Gasteiger partial charge in [0.2, 0.25) is 0 Å². The number of tetrazole rings is 1. The molecule has 0 aliphatic rings.